The van der Waals surface area contributed by atoms with Gasteiger partial charge < -0.3 is 24.5 Å². The maximum Gasteiger partial charge on any atom is 0.257 e. The highest BCUT2D eigenvalue weighted by Gasteiger charge is 2.17. The largest absolute Gasteiger partial charge is 0.454 e. The van der Waals surface area contributed by atoms with Gasteiger partial charge in [0.05, 0.1) is 23.0 Å². The number of anilines is 2. The summed E-state index contributed by atoms with van der Waals surface area (Å²) in [6.07, 6.45) is 1.71. The predicted octanol–water partition coefficient (Wildman–Crippen LogP) is 5.03. The number of hydrogen-bond donors (Lipinski definition) is 2. The van der Waals surface area contributed by atoms with Gasteiger partial charge in [0.1, 0.15) is 5.82 Å². The molecule has 0 aliphatic carbocycles. The SMILES string of the molecule is O=C(CCc1ncc(-c2ccccc2F)o1)Nc1ccccc1C(=O)Nc1ccc2c(c1)OCO2. The second kappa shape index (κ2) is 9.68. The Bertz CT molecular complexity index is 1400. The quantitative estimate of drug-likeness (QED) is 0.390. The maximum atomic E-state index is 13.9. The van der Waals surface area contributed by atoms with Crippen molar-refractivity contribution in [3.63, 3.8) is 0 Å². The number of halogens is 1. The van der Waals surface area contributed by atoms with Gasteiger partial charge in [-0.25, -0.2) is 9.37 Å². The number of ether oxygens (including phenoxy) is 2. The van der Waals surface area contributed by atoms with Crippen LogP contribution in [0, 0.1) is 5.82 Å². The smallest absolute Gasteiger partial charge is 0.257 e. The number of carbonyl (C=O) groups excluding carboxylic acids is 2. The third-order valence-electron chi connectivity index (χ3n) is 5.34. The monoisotopic (exact) mass is 473 g/mol. The van der Waals surface area contributed by atoms with E-state index in [-0.39, 0.29) is 31.4 Å². The molecular formula is C26H20FN3O5. The standard InChI is InChI=1S/C26H20FN3O5/c27-19-7-3-1-5-17(19)23-14-28-25(35-23)12-11-24(31)30-20-8-4-2-6-18(20)26(32)29-16-9-10-21-22(13-16)34-15-33-21/h1-10,13-14H,11-12,15H2,(H,29,32)(H,30,31). The lowest BCUT2D eigenvalue weighted by Gasteiger charge is -2.11. The number of nitrogens with zero attached hydrogens (tertiary/aromatic N) is 1. The zero-order chi connectivity index (χ0) is 24.2. The van der Waals surface area contributed by atoms with Crippen LogP contribution in [0.15, 0.2) is 77.3 Å². The number of benzene rings is 3. The third-order valence-corrected chi connectivity index (χ3v) is 5.34. The lowest BCUT2D eigenvalue weighted by Crippen LogP contribution is -2.18. The van der Waals surface area contributed by atoms with Crippen molar-refractivity contribution in [3.05, 3.63) is 90.2 Å². The van der Waals surface area contributed by atoms with Gasteiger partial charge in [-0.05, 0) is 36.4 Å². The molecule has 1 aliphatic heterocycles. The Labute approximate surface area is 199 Å². The number of hydrogen-bond acceptors (Lipinski definition) is 6. The summed E-state index contributed by atoms with van der Waals surface area (Å²) in [7, 11) is 0. The second-order valence-electron chi connectivity index (χ2n) is 7.71. The van der Waals surface area contributed by atoms with E-state index in [4.69, 9.17) is 13.9 Å². The fourth-order valence-corrected chi connectivity index (χ4v) is 3.61. The number of carbonyl (C=O) groups is 2. The lowest BCUT2D eigenvalue weighted by molar-refractivity contribution is -0.116. The van der Waals surface area contributed by atoms with Crippen LogP contribution in [0.4, 0.5) is 15.8 Å². The molecule has 0 radical (unpaired) electrons. The lowest BCUT2D eigenvalue weighted by atomic mass is 10.1. The Kier molecular flexibility index (Phi) is 6.13. The minimum Gasteiger partial charge on any atom is -0.454 e. The highest BCUT2D eigenvalue weighted by atomic mass is 19.1. The van der Waals surface area contributed by atoms with Crippen molar-refractivity contribution in [1.82, 2.24) is 4.98 Å². The molecule has 35 heavy (non-hydrogen) atoms. The summed E-state index contributed by atoms with van der Waals surface area (Å²) >= 11 is 0. The molecule has 2 heterocycles. The number of aryl methyl sites for hydroxylation is 1. The molecule has 0 saturated carbocycles. The molecule has 2 amide bonds. The number of amides is 2. The molecule has 0 unspecified atom stereocenters. The molecule has 4 aromatic rings. The van der Waals surface area contributed by atoms with E-state index in [1.54, 1.807) is 60.7 Å². The fourth-order valence-electron chi connectivity index (χ4n) is 3.61. The van der Waals surface area contributed by atoms with E-state index in [9.17, 15) is 14.0 Å². The number of nitrogens with one attached hydrogen (secondary N) is 2. The molecule has 3 aromatic carbocycles. The van der Waals surface area contributed by atoms with Gasteiger partial charge in [0.2, 0.25) is 12.7 Å². The van der Waals surface area contributed by atoms with E-state index in [2.05, 4.69) is 15.6 Å². The molecule has 2 N–H and O–H groups in total. The molecule has 1 aromatic heterocycles. The van der Waals surface area contributed by atoms with Crippen LogP contribution in [0.25, 0.3) is 11.3 Å². The van der Waals surface area contributed by atoms with Crippen molar-refractivity contribution in [3.8, 4) is 22.8 Å². The van der Waals surface area contributed by atoms with Crippen molar-refractivity contribution in [2.45, 2.75) is 12.8 Å². The summed E-state index contributed by atoms with van der Waals surface area (Å²) in [5.74, 6) is 0.651. The van der Waals surface area contributed by atoms with Crippen LogP contribution < -0.4 is 20.1 Å². The topological polar surface area (TPSA) is 103 Å². The summed E-state index contributed by atoms with van der Waals surface area (Å²) < 4.78 is 30.2. The van der Waals surface area contributed by atoms with Crippen molar-refractivity contribution in [2.24, 2.45) is 0 Å². The van der Waals surface area contributed by atoms with Gasteiger partial charge in [-0.15, -0.1) is 0 Å². The van der Waals surface area contributed by atoms with Gasteiger partial charge in [-0.1, -0.05) is 24.3 Å². The zero-order valence-corrected chi connectivity index (χ0v) is 18.4. The Morgan fingerprint density at radius 2 is 1.74 bits per heavy atom. The summed E-state index contributed by atoms with van der Waals surface area (Å²) in [5.41, 5.74) is 1.51. The summed E-state index contributed by atoms with van der Waals surface area (Å²) in [5, 5.41) is 5.56. The molecule has 0 atom stereocenters. The van der Waals surface area contributed by atoms with Gasteiger partial charge in [0, 0.05) is 24.6 Å². The van der Waals surface area contributed by atoms with Gasteiger partial charge in [0.25, 0.3) is 5.91 Å². The molecule has 0 bridgehead atoms. The molecule has 5 rings (SSSR count). The van der Waals surface area contributed by atoms with Crippen molar-refractivity contribution in [1.29, 1.82) is 0 Å². The molecule has 8 nitrogen and oxygen atoms in total. The second-order valence-corrected chi connectivity index (χ2v) is 7.71. The molecule has 9 heteroatoms. The van der Waals surface area contributed by atoms with Crippen molar-refractivity contribution in [2.75, 3.05) is 17.4 Å². The van der Waals surface area contributed by atoms with Crippen LogP contribution in [-0.4, -0.2) is 23.6 Å². The van der Waals surface area contributed by atoms with Crippen LogP contribution in [0.2, 0.25) is 0 Å². The van der Waals surface area contributed by atoms with Gasteiger partial charge in [-0.2, -0.15) is 0 Å². The first-order valence-corrected chi connectivity index (χ1v) is 10.9. The van der Waals surface area contributed by atoms with E-state index >= 15 is 0 Å². The van der Waals surface area contributed by atoms with Gasteiger partial charge in [0.15, 0.2) is 23.1 Å². The molecule has 0 fully saturated rings. The van der Waals surface area contributed by atoms with Crippen molar-refractivity contribution >= 4 is 23.2 Å². The first-order valence-electron chi connectivity index (χ1n) is 10.9. The normalized spacial score (nSPS) is 11.8. The highest BCUT2D eigenvalue weighted by molar-refractivity contribution is 6.10. The Hall–Kier alpha value is -4.66. The van der Waals surface area contributed by atoms with E-state index < -0.39 is 5.82 Å². The van der Waals surface area contributed by atoms with E-state index in [1.807, 2.05) is 0 Å². The molecule has 1 aliphatic rings. The summed E-state index contributed by atoms with van der Waals surface area (Å²) in [6, 6.07) is 18.0. The number of aromatic nitrogens is 1. The Morgan fingerprint density at radius 3 is 2.63 bits per heavy atom. The van der Waals surface area contributed by atoms with E-state index in [0.29, 0.717) is 45.7 Å². The molecule has 0 saturated heterocycles. The number of para-hydroxylation sites is 1. The minimum absolute atomic E-state index is 0.0648. The Balaban J connectivity index is 1.21. The zero-order valence-electron chi connectivity index (χ0n) is 18.4. The number of rotatable bonds is 7. The number of oxazole rings is 1. The van der Waals surface area contributed by atoms with Crippen LogP contribution in [0.1, 0.15) is 22.7 Å². The van der Waals surface area contributed by atoms with Crippen LogP contribution in [-0.2, 0) is 11.2 Å². The van der Waals surface area contributed by atoms with E-state index in [1.165, 1.54) is 12.3 Å². The first kappa shape index (κ1) is 22.1. The summed E-state index contributed by atoms with van der Waals surface area (Å²) in [6.45, 7) is 0.138. The molecule has 176 valence electrons. The highest BCUT2D eigenvalue weighted by Crippen LogP contribution is 2.34. The predicted molar refractivity (Wildman–Crippen MR) is 126 cm³/mol. The van der Waals surface area contributed by atoms with Gasteiger partial charge >= 0.3 is 0 Å². The molecular weight excluding hydrogens is 453 g/mol. The van der Waals surface area contributed by atoms with Crippen molar-refractivity contribution < 1.29 is 27.9 Å². The molecule has 0 spiro atoms. The number of fused-ring (bicyclic) bond motifs is 1. The maximum absolute atomic E-state index is 13.9. The average Bonchev–Trinajstić information content (AvgIpc) is 3.53. The van der Waals surface area contributed by atoms with E-state index in [0.717, 1.165) is 0 Å². The first-order chi connectivity index (χ1) is 17.1. The van der Waals surface area contributed by atoms with Crippen LogP contribution in [0.5, 0.6) is 11.5 Å². The Morgan fingerprint density at radius 1 is 0.943 bits per heavy atom. The van der Waals surface area contributed by atoms with Crippen LogP contribution in [0.3, 0.4) is 0 Å². The van der Waals surface area contributed by atoms with Gasteiger partial charge in [-0.3, -0.25) is 9.59 Å². The average molecular weight is 473 g/mol. The third kappa shape index (κ3) is 4.98. The van der Waals surface area contributed by atoms with Crippen LogP contribution >= 0.6 is 0 Å². The summed E-state index contributed by atoms with van der Waals surface area (Å²) in [4.78, 5) is 29.6. The fraction of sp³-hybridized carbons (Fsp3) is 0.115. The minimum atomic E-state index is -0.413.